The molecule has 0 aliphatic heterocycles. The van der Waals surface area contributed by atoms with Crippen LogP contribution in [-0.2, 0) is 11.8 Å². The molecule has 0 amide bonds. The normalized spacial score (nSPS) is 13.8. The summed E-state index contributed by atoms with van der Waals surface area (Å²) in [5.41, 5.74) is 2.30. The molecule has 3 rings (SSSR count). The molecule has 2 aromatic carbocycles. The minimum atomic E-state index is -1.02. The number of hydrogen-bond acceptors (Lipinski definition) is 4. The highest BCUT2D eigenvalue weighted by molar-refractivity contribution is 5.75. The Labute approximate surface area is 133 Å². The molecule has 0 fully saturated rings. The lowest BCUT2D eigenvalue weighted by Crippen LogP contribution is -2.23. The van der Waals surface area contributed by atoms with Crippen molar-refractivity contribution in [2.75, 3.05) is 7.11 Å². The first-order valence-corrected chi connectivity index (χ1v) is 7.26. The van der Waals surface area contributed by atoms with Gasteiger partial charge in [0, 0.05) is 24.6 Å². The summed E-state index contributed by atoms with van der Waals surface area (Å²) in [6, 6.07) is 15.5. The molecule has 0 N–H and O–H groups in total. The van der Waals surface area contributed by atoms with E-state index < -0.39 is 12.1 Å². The van der Waals surface area contributed by atoms with E-state index in [4.69, 9.17) is 4.74 Å². The van der Waals surface area contributed by atoms with E-state index in [1.807, 2.05) is 41.9 Å². The van der Waals surface area contributed by atoms with Crippen molar-refractivity contribution in [2.45, 2.75) is 12.1 Å². The zero-order valence-electron chi connectivity index (χ0n) is 12.9. The molecular formula is C17H17N3O3. The van der Waals surface area contributed by atoms with Crippen molar-refractivity contribution in [3.8, 4) is 0 Å². The fourth-order valence-corrected chi connectivity index (χ4v) is 2.85. The third-order valence-corrected chi connectivity index (χ3v) is 3.99. The van der Waals surface area contributed by atoms with Crippen LogP contribution >= 0.6 is 0 Å². The van der Waals surface area contributed by atoms with Crippen LogP contribution < -0.4 is 0 Å². The first-order valence-electron chi connectivity index (χ1n) is 7.26. The molecule has 6 nitrogen and oxygen atoms in total. The molecular weight excluding hydrogens is 294 g/mol. The Morgan fingerprint density at radius 3 is 2.39 bits per heavy atom. The number of aromatic nitrogens is 2. The van der Waals surface area contributed by atoms with Gasteiger partial charge in [0.15, 0.2) is 6.10 Å². The van der Waals surface area contributed by atoms with Gasteiger partial charge >= 0.3 is 0 Å². The van der Waals surface area contributed by atoms with Gasteiger partial charge in [0.2, 0.25) is 0 Å². The molecule has 0 radical (unpaired) electrons. The van der Waals surface area contributed by atoms with Crippen molar-refractivity contribution in [1.82, 2.24) is 9.55 Å². The van der Waals surface area contributed by atoms with Gasteiger partial charge in [-0.25, -0.2) is 4.98 Å². The number of imidazole rings is 1. The number of hydrogen-bond donors (Lipinski definition) is 0. The van der Waals surface area contributed by atoms with Gasteiger partial charge in [-0.3, -0.25) is 10.1 Å². The van der Waals surface area contributed by atoms with E-state index in [9.17, 15) is 10.1 Å². The van der Waals surface area contributed by atoms with Crippen LogP contribution in [0.5, 0.6) is 0 Å². The third kappa shape index (κ3) is 2.68. The molecule has 3 aromatic rings. The molecule has 118 valence electrons. The van der Waals surface area contributed by atoms with Gasteiger partial charge in [0.25, 0.3) is 6.04 Å². The predicted molar refractivity (Wildman–Crippen MR) is 86.6 cm³/mol. The highest BCUT2D eigenvalue weighted by Gasteiger charge is 2.37. The zero-order chi connectivity index (χ0) is 16.4. The smallest absolute Gasteiger partial charge is 0.270 e. The topological polar surface area (TPSA) is 70.2 Å². The lowest BCUT2D eigenvalue weighted by molar-refractivity contribution is -0.543. The van der Waals surface area contributed by atoms with E-state index in [0.717, 1.165) is 11.0 Å². The summed E-state index contributed by atoms with van der Waals surface area (Å²) < 4.78 is 7.35. The van der Waals surface area contributed by atoms with Crippen LogP contribution in [0.3, 0.4) is 0 Å². The molecule has 0 aliphatic carbocycles. The Bertz CT molecular complexity index is 829. The van der Waals surface area contributed by atoms with Crippen molar-refractivity contribution in [1.29, 1.82) is 0 Å². The van der Waals surface area contributed by atoms with Gasteiger partial charge in [-0.1, -0.05) is 42.5 Å². The molecule has 2 unspecified atom stereocenters. The first-order chi connectivity index (χ1) is 11.1. The standard InChI is InChI=1S/C17H17N3O3/c1-19-14-11-7-6-10-13(14)18-17(19)16(23-2)15(20(21)22)12-8-4-3-5-9-12/h3-11,15-16H,1-2H3. The van der Waals surface area contributed by atoms with Crippen molar-refractivity contribution in [3.63, 3.8) is 0 Å². The number of rotatable bonds is 5. The van der Waals surface area contributed by atoms with Gasteiger partial charge in [0.05, 0.1) is 11.0 Å². The van der Waals surface area contributed by atoms with Gasteiger partial charge in [0.1, 0.15) is 5.82 Å². The molecule has 6 heteroatoms. The average Bonchev–Trinajstić information content (AvgIpc) is 2.90. The summed E-state index contributed by atoms with van der Waals surface area (Å²) in [5.74, 6) is 0.541. The Morgan fingerprint density at radius 1 is 1.13 bits per heavy atom. The number of ether oxygens (including phenoxy) is 1. The number of fused-ring (bicyclic) bond motifs is 1. The molecule has 0 aliphatic rings. The molecule has 1 heterocycles. The number of para-hydroxylation sites is 2. The van der Waals surface area contributed by atoms with Crippen LogP contribution in [0, 0.1) is 10.1 Å². The molecule has 0 saturated carbocycles. The van der Waals surface area contributed by atoms with E-state index in [1.165, 1.54) is 7.11 Å². The largest absolute Gasteiger partial charge is 0.366 e. The highest BCUT2D eigenvalue weighted by atomic mass is 16.6. The van der Waals surface area contributed by atoms with E-state index in [-0.39, 0.29) is 4.92 Å². The maximum atomic E-state index is 11.7. The maximum absolute atomic E-state index is 11.7. The Hall–Kier alpha value is -2.73. The quantitative estimate of drug-likeness (QED) is 0.535. The fraction of sp³-hybridized carbons (Fsp3) is 0.235. The van der Waals surface area contributed by atoms with Crippen molar-refractivity contribution < 1.29 is 9.66 Å². The monoisotopic (exact) mass is 311 g/mol. The Kier molecular flexibility index (Phi) is 4.08. The summed E-state index contributed by atoms with van der Waals surface area (Å²) in [6.07, 6.45) is -0.773. The van der Waals surface area contributed by atoms with E-state index in [0.29, 0.717) is 11.4 Å². The van der Waals surface area contributed by atoms with Gasteiger partial charge in [-0.2, -0.15) is 0 Å². The van der Waals surface area contributed by atoms with E-state index in [1.54, 1.807) is 24.3 Å². The summed E-state index contributed by atoms with van der Waals surface area (Å²) >= 11 is 0. The van der Waals surface area contributed by atoms with E-state index >= 15 is 0 Å². The van der Waals surface area contributed by atoms with Crippen LogP contribution in [0.25, 0.3) is 11.0 Å². The number of benzene rings is 2. The van der Waals surface area contributed by atoms with Crippen LogP contribution in [0.1, 0.15) is 23.5 Å². The second kappa shape index (κ2) is 6.18. The van der Waals surface area contributed by atoms with Crippen LogP contribution in [0.15, 0.2) is 54.6 Å². The Morgan fingerprint density at radius 2 is 1.78 bits per heavy atom. The molecule has 0 saturated heterocycles. The first kappa shape index (κ1) is 15.2. The summed E-state index contributed by atoms with van der Waals surface area (Å²) in [7, 11) is 3.32. The fourth-order valence-electron chi connectivity index (χ4n) is 2.85. The summed E-state index contributed by atoms with van der Waals surface area (Å²) in [6.45, 7) is 0. The maximum Gasteiger partial charge on any atom is 0.270 e. The molecule has 1 aromatic heterocycles. The zero-order valence-corrected chi connectivity index (χ0v) is 12.9. The van der Waals surface area contributed by atoms with E-state index in [2.05, 4.69) is 4.98 Å². The Balaban J connectivity index is 2.12. The summed E-state index contributed by atoms with van der Waals surface area (Å²) in [4.78, 5) is 15.9. The highest BCUT2D eigenvalue weighted by Crippen LogP contribution is 2.34. The third-order valence-electron chi connectivity index (χ3n) is 3.99. The van der Waals surface area contributed by atoms with Crippen molar-refractivity contribution >= 4 is 11.0 Å². The average molecular weight is 311 g/mol. The number of nitrogens with zero attached hydrogens (tertiary/aromatic N) is 3. The molecule has 2 atom stereocenters. The van der Waals surface area contributed by atoms with Crippen LogP contribution in [0.4, 0.5) is 0 Å². The van der Waals surface area contributed by atoms with Crippen LogP contribution in [-0.4, -0.2) is 21.6 Å². The number of methoxy groups -OCH3 is 1. The second-order valence-corrected chi connectivity index (χ2v) is 5.31. The summed E-state index contributed by atoms with van der Waals surface area (Å²) in [5, 5.41) is 11.7. The molecule has 0 bridgehead atoms. The predicted octanol–water partition coefficient (Wildman–Crippen LogP) is 3.28. The SMILES string of the molecule is COC(c1nc2ccccc2n1C)C(c1ccccc1)[N+](=O)[O-]. The number of nitro groups is 1. The molecule has 23 heavy (non-hydrogen) atoms. The van der Waals surface area contributed by atoms with Gasteiger partial charge < -0.3 is 9.30 Å². The van der Waals surface area contributed by atoms with Gasteiger partial charge in [-0.15, -0.1) is 0 Å². The van der Waals surface area contributed by atoms with Crippen molar-refractivity contribution in [3.05, 3.63) is 76.1 Å². The van der Waals surface area contributed by atoms with Crippen LogP contribution in [0.2, 0.25) is 0 Å². The lowest BCUT2D eigenvalue weighted by atomic mass is 10.0. The lowest BCUT2D eigenvalue weighted by Gasteiger charge is -2.19. The minimum Gasteiger partial charge on any atom is -0.366 e. The second-order valence-electron chi connectivity index (χ2n) is 5.31. The number of aryl methyl sites for hydroxylation is 1. The van der Waals surface area contributed by atoms with Gasteiger partial charge in [-0.05, 0) is 12.1 Å². The van der Waals surface area contributed by atoms with Crippen molar-refractivity contribution in [2.24, 2.45) is 7.05 Å². The minimum absolute atomic E-state index is 0.317. The molecule has 0 spiro atoms.